The van der Waals surface area contributed by atoms with Crippen molar-refractivity contribution in [3.05, 3.63) is 12.2 Å². The molecule has 1 aliphatic carbocycles. The largest absolute Gasteiger partial charge is 0.472 e. The number of hydrogen-bond acceptors (Lipinski definition) is 12. The molecule has 6 N–H and O–H groups in total. The number of phosphoric ester groups is 1. The third kappa shape index (κ3) is 27.1. The van der Waals surface area contributed by atoms with Crippen LogP contribution in [0.25, 0.3) is 0 Å². The number of aliphatic hydroxyl groups excluding tert-OH is 5. The minimum Gasteiger partial charge on any atom is -0.462 e. The second kappa shape index (κ2) is 34.3. The van der Waals surface area contributed by atoms with Crippen LogP contribution in [0.1, 0.15) is 194 Å². The van der Waals surface area contributed by atoms with E-state index >= 15 is 0 Å². The SMILES string of the molecule is CCCCCCCCCC/C=C\CCCCCCCCCCCCCC(=O)OC(COC(=O)CCCCCCC)COP(=O)(O)OC1C(O)C(O)C(O)C(O)C1O. The predicted molar refractivity (Wildman–Crippen MR) is 221 cm³/mol. The summed E-state index contributed by atoms with van der Waals surface area (Å²) in [6, 6.07) is 0. The standard InChI is InChI=1S/C43H81O13P/c1-3-5-7-9-10-11-12-13-14-15-16-17-18-19-20-21-22-23-24-25-26-28-30-32-37(45)55-35(33-53-36(44)31-29-27-8-6-4-2)34-54-57(51,52)56-43-41(49)39(47)38(46)40(48)42(43)50/h15-16,35,38-43,46-50H,3-14,17-34H2,1-2H3,(H,51,52)/b16-15-. The first-order chi connectivity index (χ1) is 27.4. The smallest absolute Gasteiger partial charge is 0.462 e. The summed E-state index contributed by atoms with van der Waals surface area (Å²) in [6.07, 6.45) is 22.0. The number of unbranched alkanes of at least 4 members (excludes halogenated alkanes) is 23. The number of allylic oxidation sites excluding steroid dienone is 2. The zero-order valence-electron chi connectivity index (χ0n) is 35.4. The molecule has 13 nitrogen and oxygen atoms in total. The van der Waals surface area contributed by atoms with Crippen LogP contribution in [0.5, 0.6) is 0 Å². The van der Waals surface area contributed by atoms with Crippen molar-refractivity contribution in [3.63, 3.8) is 0 Å². The van der Waals surface area contributed by atoms with Crippen molar-refractivity contribution in [2.45, 2.75) is 236 Å². The zero-order valence-corrected chi connectivity index (χ0v) is 36.3. The van der Waals surface area contributed by atoms with E-state index in [4.69, 9.17) is 18.5 Å². The van der Waals surface area contributed by atoms with Crippen LogP contribution in [-0.2, 0) is 32.7 Å². The molecule has 0 aromatic rings. The van der Waals surface area contributed by atoms with E-state index in [9.17, 15) is 44.6 Å². The molecule has 336 valence electrons. The fourth-order valence-corrected chi connectivity index (χ4v) is 7.90. The Hall–Kier alpha value is -1.41. The van der Waals surface area contributed by atoms with Crippen LogP contribution in [0.3, 0.4) is 0 Å². The maximum atomic E-state index is 12.7. The Labute approximate surface area is 343 Å². The van der Waals surface area contributed by atoms with Crippen LogP contribution < -0.4 is 0 Å². The molecule has 1 rings (SSSR count). The number of esters is 2. The average molecular weight is 837 g/mol. The number of carbonyl (C=O) groups excluding carboxylic acids is 2. The maximum Gasteiger partial charge on any atom is 0.472 e. The van der Waals surface area contributed by atoms with E-state index in [1.807, 2.05) is 0 Å². The highest BCUT2D eigenvalue weighted by Crippen LogP contribution is 2.47. The molecule has 0 heterocycles. The van der Waals surface area contributed by atoms with Gasteiger partial charge in [-0.25, -0.2) is 4.57 Å². The number of hydrogen-bond donors (Lipinski definition) is 6. The predicted octanol–water partition coefficient (Wildman–Crippen LogP) is 8.28. The quantitative estimate of drug-likeness (QED) is 0.0151. The van der Waals surface area contributed by atoms with Gasteiger partial charge < -0.3 is 39.9 Å². The van der Waals surface area contributed by atoms with Gasteiger partial charge >= 0.3 is 19.8 Å². The first kappa shape index (κ1) is 53.6. The van der Waals surface area contributed by atoms with Crippen molar-refractivity contribution < 1.29 is 63.1 Å². The first-order valence-corrected chi connectivity index (χ1v) is 24.0. The molecule has 0 bridgehead atoms. The van der Waals surface area contributed by atoms with Crippen molar-refractivity contribution in [1.29, 1.82) is 0 Å². The van der Waals surface area contributed by atoms with Crippen LogP contribution >= 0.6 is 7.82 Å². The molecule has 6 atom stereocenters. The van der Waals surface area contributed by atoms with E-state index in [1.165, 1.54) is 103 Å². The van der Waals surface area contributed by atoms with Crippen molar-refractivity contribution in [2.75, 3.05) is 13.2 Å². The number of aliphatic hydroxyl groups is 5. The highest BCUT2D eigenvalue weighted by atomic mass is 31.2. The molecular formula is C43H81O13P. The summed E-state index contributed by atoms with van der Waals surface area (Å²) in [5.41, 5.74) is 0. The van der Waals surface area contributed by atoms with Gasteiger partial charge in [0, 0.05) is 12.8 Å². The Morgan fingerprint density at radius 3 is 1.33 bits per heavy atom. The van der Waals surface area contributed by atoms with Gasteiger partial charge in [0.15, 0.2) is 6.10 Å². The number of phosphoric acid groups is 1. The molecule has 1 fully saturated rings. The molecule has 0 aromatic carbocycles. The lowest BCUT2D eigenvalue weighted by atomic mass is 9.85. The normalized spacial score (nSPS) is 22.7. The minimum atomic E-state index is -5.10. The molecule has 0 radical (unpaired) electrons. The minimum absolute atomic E-state index is 0.0993. The van der Waals surface area contributed by atoms with E-state index < -0.39 is 75.7 Å². The summed E-state index contributed by atoms with van der Waals surface area (Å²) in [5, 5.41) is 49.9. The van der Waals surface area contributed by atoms with Crippen LogP contribution in [-0.4, -0.2) is 98.3 Å². The Kier molecular flexibility index (Phi) is 32.3. The van der Waals surface area contributed by atoms with E-state index in [0.29, 0.717) is 12.8 Å². The lowest BCUT2D eigenvalue weighted by molar-refractivity contribution is -0.220. The summed E-state index contributed by atoms with van der Waals surface area (Å²) in [5.74, 6) is -1.11. The van der Waals surface area contributed by atoms with Gasteiger partial charge in [0.05, 0.1) is 6.61 Å². The molecule has 1 aliphatic rings. The Morgan fingerprint density at radius 1 is 0.526 bits per heavy atom. The summed E-state index contributed by atoms with van der Waals surface area (Å²) < 4.78 is 33.3. The fraction of sp³-hybridized carbons (Fsp3) is 0.907. The lowest BCUT2D eigenvalue weighted by Crippen LogP contribution is -2.64. The van der Waals surface area contributed by atoms with E-state index in [-0.39, 0.29) is 12.8 Å². The van der Waals surface area contributed by atoms with Gasteiger partial charge in [0.25, 0.3) is 0 Å². The highest BCUT2D eigenvalue weighted by Gasteiger charge is 2.51. The van der Waals surface area contributed by atoms with Gasteiger partial charge in [0.2, 0.25) is 0 Å². The molecule has 57 heavy (non-hydrogen) atoms. The maximum absolute atomic E-state index is 12.7. The third-order valence-corrected chi connectivity index (χ3v) is 11.6. The molecule has 0 spiro atoms. The first-order valence-electron chi connectivity index (χ1n) is 22.5. The number of rotatable bonds is 37. The Balaban J connectivity index is 2.29. The van der Waals surface area contributed by atoms with Gasteiger partial charge in [-0.1, -0.05) is 154 Å². The molecule has 0 amide bonds. The molecule has 1 saturated carbocycles. The number of ether oxygens (including phenoxy) is 2. The topological polar surface area (TPSA) is 210 Å². The summed E-state index contributed by atoms with van der Waals surface area (Å²) in [6.45, 7) is 3.19. The monoisotopic (exact) mass is 837 g/mol. The summed E-state index contributed by atoms with van der Waals surface area (Å²) in [7, 11) is -5.10. The molecule has 0 aliphatic heterocycles. The molecule has 14 heteroatoms. The number of carbonyl (C=O) groups is 2. The van der Waals surface area contributed by atoms with Crippen molar-refractivity contribution >= 4 is 19.8 Å². The van der Waals surface area contributed by atoms with Crippen molar-refractivity contribution in [2.24, 2.45) is 0 Å². The average Bonchev–Trinajstić information content (AvgIpc) is 3.19. The second-order valence-electron chi connectivity index (χ2n) is 15.9. The van der Waals surface area contributed by atoms with Gasteiger partial charge in [-0.05, 0) is 38.5 Å². The molecule has 0 saturated heterocycles. The summed E-state index contributed by atoms with van der Waals surface area (Å²) >= 11 is 0. The Bertz CT molecular complexity index is 1060. The van der Waals surface area contributed by atoms with Crippen molar-refractivity contribution in [1.82, 2.24) is 0 Å². The molecule has 6 unspecified atom stereocenters. The van der Waals surface area contributed by atoms with Gasteiger partial charge in [0.1, 0.15) is 43.2 Å². The summed E-state index contributed by atoms with van der Waals surface area (Å²) in [4.78, 5) is 35.3. The van der Waals surface area contributed by atoms with Gasteiger partial charge in [-0.3, -0.25) is 18.6 Å². The van der Waals surface area contributed by atoms with Gasteiger partial charge in [-0.15, -0.1) is 0 Å². The fourth-order valence-electron chi connectivity index (χ4n) is 6.93. The van der Waals surface area contributed by atoms with Crippen LogP contribution in [0.2, 0.25) is 0 Å². The van der Waals surface area contributed by atoms with Crippen molar-refractivity contribution in [3.8, 4) is 0 Å². The highest BCUT2D eigenvalue weighted by molar-refractivity contribution is 7.47. The van der Waals surface area contributed by atoms with Gasteiger partial charge in [-0.2, -0.15) is 0 Å². The van der Waals surface area contributed by atoms with Crippen LogP contribution in [0, 0.1) is 0 Å². The molecular weight excluding hydrogens is 755 g/mol. The second-order valence-corrected chi connectivity index (χ2v) is 17.3. The zero-order chi connectivity index (χ0) is 42.2. The third-order valence-electron chi connectivity index (χ3n) is 10.6. The Morgan fingerprint density at radius 2 is 0.895 bits per heavy atom. The van der Waals surface area contributed by atoms with Crippen LogP contribution in [0.4, 0.5) is 0 Å². The lowest BCUT2D eigenvalue weighted by Gasteiger charge is -2.41. The molecule has 0 aromatic heterocycles. The van der Waals surface area contributed by atoms with E-state index in [2.05, 4.69) is 26.0 Å². The van der Waals surface area contributed by atoms with E-state index in [0.717, 1.165) is 51.4 Å². The van der Waals surface area contributed by atoms with E-state index in [1.54, 1.807) is 0 Å². The van der Waals surface area contributed by atoms with Crippen LogP contribution in [0.15, 0.2) is 12.2 Å².